The fourth-order valence-corrected chi connectivity index (χ4v) is 1.32. The highest BCUT2D eigenvalue weighted by Crippen LogP contribution is 2.11. The monoisotopic (exact) mass is 188 g/mol. The van der Waals surface area contributed by atoms with Crippen LogP contribution in [0.3, 0.4) is 0 Å². The van der Waals surface area contributed by atoms with Crippen molar-refractivity contribution in [3.63, 3.8) is 0 Å². The summed E-state index contributed by atoms with van der Waals surface area (Å²) in [4.78, 5) is 0. The zero-order chi connectivity index (χ0) is 10.3. The number of unbranched alkanes of at least 4 members (excludes halogenated alkanes) is 2. The Morgan fingerprint density at radius 3 is 1.85 bits per heavy atom. The number of hydrogen-bond acceptors (Lipinski definition) is 2. The van der Waals surface area contributed by atoms with Crippen molar-refractivity contribution >= 4 is 0 Å². The van der Waals surface area contributed by atoms with E-state index in [1.165, 1.54) is 19.3 Å². The molecule has 0 aliphatic carbocycles. The summed E-state index contributed by atoms with van der Waals surface area (Å²) in [5.41, 5.74) is 0. The maximum atomic E-state index is 9.28. The Kier molecular flexibility index (Phi) is 7.29. The van der Waals surface area contributed by atoms with Crippen LogP contribution in [0.15, 0.2) is 0 Å². The average molecular weight is 188 g/mol. The Hall–Kier alpha value is -0.0800. The van der Waals surface area contributed by atoms with Gasteiger partial charge in [0.05, 0.1) is 12.2 Å². The van der Waals surface area contributed by atoms with Gasteiger partial charge in [-0.25, -0.2) is 0 Å². The van der Waals surface area contributed by atoms with Gasteiger partial charge in [0.2, 0.25) is 0 Å². The Balaban J connectivity index is 3.16. The minimum Gasteiger partial charge on any atom is -0.391 e. The number of aliphatic hydroxyl groups excluding tert-OH is 2. The van der Waals surface area contributed by atoms with Gasteiger partial charge in [-0.05, 0) is 19.3 Å². The smallest absolute Gasteiger partial charge is 0.0796 e. The Bertz CT molecular complexity index is 111. The fraction of sp³-hybridized carbons (Fsp3) is 1.00. The van der Waals surface area contributed by atoms with Crippen molar-refractivity contribution < 1.29 is 10.2 Å². The van der Waals surface area contributed by atoms with Crippen molar-refractivity contribution in [2.75, 3.05) is 0 Å². The summed E-state index contributed by atoms with van der Waals surface area (Å²) in [6.07, 6.45) is 4.33. The lowest BCUT2D eigenvalue weighted by molar-refractivity contribution is 0.0246. The standard InChI is InChI=1S/C11H24O2/c1-9(2)7-5-4-6-8-11(13)10(3)12/h9-13H,4-8H2,1-3H3. The minimum atomic E-state index is -0.579. The van der Waals surface area contributed by atoms with Crippen LogP contribution in [0.25, 0.3) is 0 Å². The van der Waals surface area contributed by atoms with Crippen molar-refractivity contribution in [3.05, 3.63) is 0 Å². The summed E-state index contributed by atoms with van der Waals surface area (Å²) in [5.74, 6) is 0.779. The molecule has 0 aromatic heterocycles. The molecular weight excluding hydrogens is 164 g/mol. The van der Waals surface area contributed by atoms with Crippen molar-refractivity contribution in [3.8, 4) is 0 Å². The summed E-state index contributed by atoms with van der Waals surface area (Å²) < 4.78 is 0. The third-order valence-corrected chi connectivity index (χ3v) is 2.34. The van der Waals surface area contributed by atoms with Gasteiger partial charge in [0.25, 0.3) is 0 Å². The lowest BCUT2D eigenvalue weighted by atomic mass is 10.0. The van der Waals surface area contributed by atoms with E-state index >= 15 is 0 Å². The first-order valence-electron chi connectivity index (χ1n) is 5.40. The minimum absolute atomic E-state index is 0.529. The molecule has 0 aliphatic rings. The molecule has 0 aromatic rings. The van der Waals surface area contributed by atoms with Gasteiger partial charge in [0, 0.05) is 0 Å². The van der Waals surface area contributed by atoms with E-state index in [-0.39, 0.29) is 0 Å². The average Bonchev–Trinajstić information content (AvgIpc) is 2.02. The van der Waals surface area contributed by atoms with Gasteiger partial charge in [-0.1, -0.05) is 39.5 Å². The van der Waals surface area contributed by atoms with Crippen LogP contribution in [0.1, 0.15) is 52.9 Å². The molecule has 2 unspecified atom stereocenters. The molecular formula is C11H24O2. The van der Waals surface area contributed by atoms with Crippen LogP contribution in [0, 0.1) is 5.92 Å². The van der Waals surface area contributed by atoms with Crippen LogP contribution in [0.4, 0.5) is 0 Å². The maximum absolute atomic E-state index is 9.28. The molecule has 0 bridgehead atoms. The predicted octanol–water partition coefficient (Wildman–Crippen LogP) is 2.33. The molecule has 80 valence electrons. The van der Waals surface area contributed by atoms with E-state index in [2.05, 4.69) is 13.8 Å². The molecule has 0 amide bonds. The Morgan fingerprint density at radius 1 is 0.846 bits per heavy atom. The normalized spacial score (nSPS) is 16.2. The lowest BCUT2D eigenvalue weighted by Crippen LogP contribution is -2.21. The maximum Gasteiger partial charge on any atom is 0.0796 e. The van der Waals surface area contributed by atoms with Crippen LogP contribution in [0.5, 0.6) is 0 Å². The molecule has 0 radical (unpaired) electrons. The van der Waals surface area contributed by atoms with Crippen molar-refractivity contribution in [1.29, 1.82) is 0 Å². The van der Waals surface area contributed by atoms with Gasteiger partial charge in [-0.3, -0.25) is 0 Å². The zero-order valence-electron chi connectivity index (χ0n) is 9.16. The van der Waals surface area contributed by atoms with Crippen LogP contribution in [-0.2, 0) is 0 Å². The molecule has 2 heteroatoms. The SMILES string of the molecule is CC(C)CCCCCC(O)C(C)O. The van der Waals surface area contributed by atoms with Crippen molar-refractivity contribution in [2.45, 2.75) is 65.1 Å². The first-order chi connectivity index (χ1) is 6.04. The topological polar surface area (TPSA) is 40.5 Å². The molecule has 0 aromatic carbocycles. The molecule has 0 saturated carbocycles. The van der Waals surface area contributed by atoms with Crippen molar-refractivity contribution in [1.82, 2.24) is 0 Å². The molecule has 2 N–H and O–H groups in total. The van der Waals surface area contributed by atoms with E-state index in [1.54, 1.807) is 6.92 Å². The summed E-state index contributed by atoms with van der Waals surface area (Å²) in [6, 6.07) is 0. The highest BCUT2D eigenvalue weighted by molar-refractivity contribution is 4.61. The highest BCUT2D eigenvalue weighted by atomic mass is 16.3. The molecule has 0 aliphatic heterocycles. The Morgan fingerprint density at radius 2 is 1.38 bits per heavy atom. The van der Waals surface area contributed by atoms with E-state index in [9.17, 15) is 5.11 Å². The summed E-state index contributed by atoms with van der Waals surface area (Å²) in [5, 5.41) is 18.3. The predicted molar refractivity (Wildman–Crippen MR) is 55.6 cm³/mol. The second-order valence-electron chi connectivity index (χ2n) is 4.34. The van der Waals surface area contributed by atoms with Crippen LogP contribution < -0.4 is 0 Å². The molecule has 0 heterocycles. The first-order valence-corrected chi connectivity index (χ1v) is 5.40. The zero-order valence-corrected chi connectivity index (χ0v) is 9.16. The van der Waals surface area contributed by atoms with Crippen molar-refractivity contribution in [2.24, 2.45) is 5.92 Å². The number of hydrogen-bond donors (Lipinski definition) is 2. The molecule has 0 rings (SSSR count). The summed E-state index contributed by atoms with van der Waals surface area (Å²) >= 11 is 0. The van der Waals surface area contributed by atoms with Crippen LogP contribution >= 0.6 is 0 Å². The van der Waals surface area contributed by atoms with Crippen LogP contribution in [0.2, 0.25) is 0 Å². The van der Waals surface area contributed by atoms with E-state index in [0.717, 1.165) is 18.8 Å². The number of aliphatic hydroxyl groups is 2. The highest BCUT2D eigenvalue weighted by Gasteiger charge is 2.09. The van der Waals surface area contributed by atoms with E-state index in [0.29, 0.717) is 0 Å². The molecule has 0 fully saturated rings. The van der Waals surface area contributed by atoms with E-state index in [1.807, 2.05) is 0 Å². The quantitative estimate of drug-likeness (QED) is 0.602. The molecule has 2 nitrogen and oxygen atoms in total. The number of rotatable bonds is 7. The third kappa shape index (κ3) is 8.26. The second kappa shape index (κ2) is 7.34. The van der Waals surface area contributed by atoms with Gasteiger partial charge in [0.1, 0.15) is 0 Å². The Labute approximate surface area is 82.0 Å². The lowest BCUT2D eigenvalue weighted by Gasteiger charge is -2.12. The van der Waals surface area contributed by atoms with Gasteiger partial charge in [-0.2, -0.15) is 0 Å². The van der Waals surface area contributed by atoms with Gasteiger partial charge in [-0.15, -0.1) is 0 Å². The van der Waals surface area contributed by atoms with Crippen LogP contribution in [-0.4, -0.2) is 22.4 Å². The summed E-state index contributed by atoms with van der Waals surface area (Å²) in [7, 11) is 0. The molecule has 0 spiro atoms. The first kappa shape index (κ1) is 12.9. The molecule has 2 atom stereocenters. The van der Waals surface area contributed by atoms with Gasteiger partial charge in [0.15, 0.2) is 0 Å². The third-order valence-electron chi connectivity index (χ3n) is 2.34. The van der Waals surface area contributed by atoms with E-state index < -0.39 is 12.2 Å². The van der Waals surface area contributed by atoms with Gasteiger partial charge < -0.3 is 10.2 Å². The molecule has 13 heavy (non-hydrogen) atoms. The second-order valence-corrected chi connectivity index (χ2v) is 4.34. The van der Waals surface area contributed by atoms with Gasteiger partial charge >= 0.3 is 0 Å². The fourth-order valence-electron chi connectivity index (χ4n) is 1.32. The largest absolute Gasteiger partial charge is 0.391 e. The van der Waals surface area contributed by atoms with E-state index in [4.69, 9.17) is 5.11 Å². The summed E-state index contributed by atoms with van der Waals surface area (Å²) in [6.45, 7) is 6.09. The molecule has 0 saturated heterocycles.